The van der Waals surface area contributed by atoms with Crippen LogP contribution in [0, 0.1) is 15.4 Å². The lowest BCUT2D eigenvalue weighted by Crippen LogP contribution is -0.961. The van der Waals surface area contributed by atoms with Crippen molar-refractivity contribution in [2.24, 2.45) is 0 Å². The van der Waals surface area contributed by atoms with Gasteiger partial charge in [-0.15, -0.1) is 0 Å². The number of thiol groups is 1. The molecule has 0 aliphatic heterocycles. The van der Waals surface area contributed by atoms with Crippen LogP contribution in [0.3, 0.4) is 0 Å². The van der Waals surface area contributed by atoms with Gasteiger partial charge in [-0.25, -0.2) is 4.78 Å². The molecule has 0 aromatic rings. The third-order valence-electron chi connectivity index (χ3n) is 0. The van der Waals surface area contributed by atoms with Gasteiger partial charge in [0.1, 0.15) is 5.40 Å². The Balaban J connectivity index is -0.0000000275. The topological polar surface area (TPSA) is 82.6 Å². The second-order valence-electron chi connectivity index (χ2n) is 0.100. The van der Waals surface area contributed by atoms with Gasteiger partial charge >= 0.3 is 0 Å². The second kappa shape index (κ2) is 105. The first-order chi connectivity index (χ1) is 2.41. The maximum absolute atomic E-state index is 7.18. The fraction of sp³-hybridized carbons (Fsp3) is 0. The molecule has 0 fully saturated rings. The van der Waals surface area contributed by atoms with Gasteiger partial charge < -0.3 is 6.15 Å². The number of nitrogens with zero attached hydrogens (tertiary/aromatic N) is 1. The van der Waals surface area contributed by atoms with Gasteiger partial charge in [-0.2, -0.15) is 5.26 Å². The summed E-state index contributed by atoms with van der Waals surface area (Å²) in [5, 5.41) is 8.63. The van der Waals surface area contributed by atoms with Gasteiger partial charge in [0.2, 0.25) is 0 Å². The zero-order valence-corrected chi connectivity index (χ0v) is 4.72. The molecule has 0 saturated heterocycles. The highest BCUT2D eigenvalue weighted by Crippen LogP contribution is 1.46. The zero-order valence-electron chi connectivity index (χ0n) is 3.01. The summed E-state index contributed by atoms with van der Waals surface area (Å²) in [6, 6.07) is 0. The van der Waals surface area contributed by atoms with E-state index >= 15 is 0 Å². The van der Waals surface area contributed by atoms with Gasteiger partial charge in [-0.3, -0.25) is 0 Å². The normalized spacial score (nSPS) is 2.00. The fourth-order valence-electron chi connectivity index (χ4n) is 0. The monoisotopic (exact) mass is 123 g/mol. The Labute approximate surface area is 47.3 Å². The first-order valence-electron chi connectivity index (χ1n) is 0.651. The lowest BCUT2D eigenvalue weighted by atomic mass is 11.8. The molecule has 0 atom stereocenters. The summed E-state index contributed by atoms with van der Waals surface area (Å²) in [5.41, 5.74) is 0. The van der Waals surface area contributed by atoms with E-state index in [0.29, 0.717) is 0 Å². The van der Waals surface area contributed by atoms with Crippen molar-refractivity contribution < 1.29 is 0 Å². The van der Waals surface area contributed by atoms with Crippen LogP contribution in [-0.2, 0) is 12.4 Å². The van der Waals surface area contributed by atoms with Crippen molar-refractivity contribution in [3.8, 4) is 5.40 Å². The average Bonchev–Trinajstić information content (AvgIpc) is 1.46. The quantitative estimate of drug-likeness (QED) is 0.330. The van der Waals surface area contributed by atoms with E-state index in [0.717, 1.165) is 0 Å². The van der Waals surface area contributed by atoms with Crippen molar-refractivity contribution in [3.05, 3.63) is 0 Å². The summed E-state index contributed by atoms with van der Waals surface area (Å²) in [5.74, 6) is 0. The van der Waals surface area contributed by atoms with E-state index in [1.54, 1.807) is 0 Å². The number of nitrogens with one attached hydrogen (secondary N) is 1. The minimum atomic E-state index is 0. The highest BCUT2D eigenvalue weighted by molar-refractivity contribution is 7.85. The zero-order chi connectivity index (χ0) is 4.71. The molecule has 0 aliphatic rings. The van der Waals surface area contributed by atoms with Gasteiger partial charge in [0.05, 0.1) is 0 Å². The number of rotatable bonds is 0. The highest BCUT2D eigenvalue weighted by atomic mass is 32.1. The van der Waals surface area contributed by atoms with Gasteiger partial charge in [0.15, 0.2) is 0 Å². The number of hydrogen-bond acceptors (Lipinski definition) is 5. The molecule has 0 unspecified atom stereocenters. The molecule has 0 spiro atoms. The molecule has 36 valence electrons. The molecule has 0 heterocycles. The van der Waals surface area contributed by atoms with Crippen molar-refractivity contribution in [1.82, 2.24) is 6.15 Å². The Morgan fingerprint density at radius 2 is 1.67 bits per heavy atom. The maximum Gasteiger partial charge on any atom is 0.130 e. The molecule has 5 heteroatoms. The molecular weight excluding hydrogens is 118 g/mol. The fourth-order valence-corrected chi connectivity index (χ4v) is 0. The van der Waals surface area contributed by atoms with Crippen LogP contribution in [0.1, 0.15) is 0 Å². The van der Waals surface area contributed by atoms with Crippen LogP contribution in [-0.4, -0.2) is 0 Å². The maximum atomic E-state index is 7.18. The van der Waals surface area contributed by atoms with Crippen molar-refractivity contribution >= 4 is 25.1 Å². The Kier molecular flexibility index (Phi) is 296. The van der Waals surface area contributed by atoms with Gasteiger partial charge in [-0.1, -0.05) is 12.6 Å². The van der Waals surface area contributed by atoms with E-state index in [1.807, 2.05) is 0 Å². The standard InChI is InChI=1S/CHNS.HNS.H3N/c2-1-3;1-2;/h3H;1H;1H3. The van der Waals surface area contributed by atoms with E-state index in [1.165, 1.54) is 5.40 Å². The largest absolute Gasteiger partial charge is 0.344 e. The third kappa shape index (κ3) is 938. The van der Waals surface area contributed by atoms with E-state index in [4.69, 9.17) is 10.0 Å². The van der Waals surface area contributed by atoms with Crippen molar-refractivity contribution in [1.29, 1.82) is 10.0 Å². The van der Waals surface area contributed by atoms with Gasteiger partial charge in [0, 0.05) is 12.4 Å². The van der Waals surface area contributed by atoms with E-state index < -0.39 is 0 Å². The molecule has 0 amide bonds. The molecule has 0 saturated carbocycles. The minimum Gasteiger partial charge on any atom is -0.344 e. The Morgan fingerprint density at radius 1 is 1.67 bits per heavy atom. The van der Waals surface area contributed by atoms with Crippen LogP contribution in [0.4, 0.5) is 0 Å². The van der Waals surface area contributed by atoms with Crippen LogP contribution in [0.15, 0.2) is 0 Å². The number of hydrogen-bond donors (Lipinski definition) is 3. The summed E-state index contributed by atoms with van der Waals surface area (Å²) in [7, 11) is 0. The molecule has 3 nitrogen and oxygen atoms in total. The van der Waals surface area contributed by atoms with E-state index in [-0.39, 0.29) is 6.15 Å². The predicted molar refractivity (Wildman–Crippen MR) is 29.7 cm³/mol. The summed E-state index contributed by atoms with van der Waals surface area (Å²) in [6.45, 7) is 0. The highest BCUT2D eigenvalue weighted by Gasteiger charge is 1.18. The smallest absolute Gasteiger partial charge is 0.130 e. The Bertz CT molecular complexity index is 38.5. The average molecular weight is 123 g/mol. The second-order valence-corrected chi connectivity index (χ2v) is 0.300. The number of thiocyanates is 1. The molecule has 0 rings (SSSR count). The van der Waals surface area contributed by atoms with Crippen molar-refractivity contribution in [3.63, 3.8) is 0 Å². The minimum absolute atomic E-state index is 0. The first kappa shape index (κ1) is 17.0. The van der Waals surface area contributed by atoms with Crippen molar-refractivity contribution in [2.45, 2.75) is 0 Å². The summed E-state index contributed by atoms with van der Waals surface area (Å²) >= 11 is 6.43. The lowest BCUT2D eigenvalue weighted by molar-refractivity contribution is 1.57. The Morgan fingerprint density at radius 3 is 1.67 bits per heavy atom. The lowest BCUT2D eigenvalue weighted by Gasteiger charge is -1.14. The predicted octanol–water partition coefficient (Wildman–Crippen LogP) is 0.855. The van der Waals surface area contributed by atoms with Crippen LogP contribution in [0.25, 0.3) is 0 Å². The summed E-state index contributed by atoms with van der Waals surface area (Å²) in [6.07, 6.45) is 0. The Hall–Kier alpha value is -0.180. The molecular formula is CH5N3S2. The molecule has 0 bridgehead atoms. The summed E-state index contributed by atoms with van der Waals surface area (Å²) in [4.78, 5) is 0. The van der Waals surface area contributed by atoms with Crippen LogP contribution in [0.2, 0.25) is 0 Å². The molecule has 0 aromatic heterocycles. The van der Waals surface area contributed by atoms with E-state index in [9.17, 15) is 0 Å². The molecule has 0 aliphatic carbocycles. The molecule has 0 aromatic carbocycles. The van der Waals surface area contributed by atoms with Gasteiger partial charge in [-0.05, 0) is 0 Å². The van der Waals surface area contributed by atoms with E-state index in [2.05, 4.69) is 25.1 Å². The number of nitriles is 1. The molecule has 6 heavy (non-hydrogen) atoms. The SMILES string of the molecule is N.N#CS.N=S. The molecule has 4 N–H and O–H groups in total. The van der Waals surface area contributed by atoms with Gasteiger partial charge in [0.25, 0.3) is 0 Å². The third-order valence-corrected chi connectivity index (χ3v) is 0. The van der Waals surface area contributed by atoms with Crippen LogP contribution < -0.4 is 6.15 Å². The van der Waals surface area contributed by atoms with Crippen LogP contribution >= 0.6 is 12.6 Å². The summed E-state index contributed by atoms with van der Waals surface area (Å²) < 4.78 is 5.33. The first-order valence-corrected chi connectivity index (χ1v) is 1.51. The van der Waals surface area contributed by atoms with Crippen molar-refractivity contribution in [2.75, 3.05) is 0 Å². The molecule has 0 radical (unpaired) electrons. The van der Waals surface area contributed by atoms with Crippen LogP contribution in [0.5, 0.6) is 0 Å².